The topological polar surface area (TPSA) is 53.6 Å². The number of anilines is 1. The molecule has 3 fully saturated rings. The Balaban J connectivity index is 1.71. The summed E-state index contributed by atoms with van der Waals surface area (Å²) < 4.78 is 5.18. The minimum Gasteiger partial charge on any atom is -0.497 e. The second-order valence-corrected chi connectivity index (χ2v) is 7.19. The Morgan fingerprint density at radius 3 is 2.70 bits per heavy atom. The molecule has 0 saturated carbocycles. The van der Waals surface area contributed by atoms with Gasteiger partial charge in [0.15, 0.2) is 0 Å². The van der Waals surface area contributed by atoms with Crippen molar-refractivity contribution >= 4 is 11.6 Å². The lowest BCUT2D eigenvalue weighted by Gasteiger charge is -2.41. The number of amides is 1. The van der Waals surface area contributed by atoms with Gasteiger partial charge in [-0.1, -0.05) is 0 Å². The van der Waals surface area contributed by atoms with E-state index in [-0.39, 0.29) is 5.91 Å². The van der Waals surface area contributed by atoms with Gasteiger partial charge >= 0.3 is 0 Å². The highest BCUT2D eigenvalue weighted by Gasteiger charge is 2.40. The maximum Gasteiger partial charge on any atom is 0.247 e. The van der Waals surface area contributed by atoms with Gasteiger partial charge in [0, 0.05) is 24.8 Å². The third-order valence-corrected chi connectivity index (χ3v) is 4.96. The van der Waals surface area contributed by atoms with Gasteiger partial charge in [-0.25, -0.2) is 0 Å². The van der Waals surface area contributed by atoms with E-state index < -0.39 is 5.54 Å². The molecular weight excluding hydrogens is 290 g/mol. The number of nitrogens with zero attached hydrogens (tertiary/aromatic N) is 1. The zero-order valence-electron chi connectivity index (χ0n) is 14.3. The molecule has 0 radical (unpaired) electrons. The Bertz CT molecular complexity index is 552. The van der Waals surface area contributed by atoms with E-state index in [1.807, 2.05) is 38.1 Å². The van der Waals surface area contributed by atoms with Crippen molar-refractivity contribution in [1.82, 2.24) is 10.2 Å². The molecule has 1 amide bonds. The largest absolute Gasteiger partial charge is 0.497 e. The summed E-state index contributed by atoms with van der Waals surface area (Å²) in [6, 6.07) is 8.04. The normalized spacial score (nSPS) is 24.2. The molecule has 3 saturated heterocycles. The Morgan fingerprint density at radius 2 is 2.00 bits per heavy atom. The molecule has 5 nitrogen and oxygen atoms in total. The number of methoxy groups -OCH3 is 1. The molecule has 126 valence electrons. The summed E-state index contributed by atoms with van der Waals surface area (Å²) in [6.45, 7) is 6.76. The van der Waals surface area contributed by atoms with Crippen LogP contribution in [0.2, 0.25) is 0 Å². The number of carbonyl (C=O) groups excluding carboxylic acids is 1. The van der Waals surface area contributed by atoms with Crippen molar-refractivity contribution in [2.75, 3.05) is 32.1 Å². The Morgan fingerprint density at radius 1 is 1.26 bits per heavy atom. The molecule has 3 aliphatic heterocycles. The first-order valence-electron chi connectivity index (χ1n) is 8.43. The van der Waals surface area contributed by atoms with Gasteiger partial charge in [-0.3, -0.25) is 4.79 Å². The number of ether oxygens (including phenoxy) is 1. The molecule has 0 spiro atoms. The fourth-order valence-electron chi connectivity index (χ4n) is 3.63. The number of benzene rings is 1. The van der Waals surface area contributed by atoms with Gasteiger partial charge in [0.05, 0.1) is 7.11 Å². The van der Waals surface area contributed by atoms with E-state index in [0.29, 0.717) is 12.0 Å². The number of hydrogen-bond acceptors (Lipinski definition) is 4. The molecule has 0 aliphatic carbocycles. The SMILES string of the molecule is COc1ccc(NC(C)(C)C(=O)N2C[C@@H]3CC[C@H]2CNC3)cc1. The molecule has 3 heterocycles. The Labute approximate surface area is 138 Å². The van der Waals surface area contributed by atoms with Crippen LogP contribution in [-0.2, 0) is 4.79 Å². The quantitative estimate of drug-likeness (QED) is 0.893. The molecule has 23 heavy (non-hydrogen) atoms. The summed E-state index contributed by atoms with van der Waals surface area (Å²) in [7, 11) is 1.65. The maximum atomic E-state index is 13.1. The average Bonchev–Trinajstić information content (AvgIpc) is 2.90. The smallest absolute Gasteiger partial charge is 0.247 e. The molecular formula is C18H27N3O2. The summed E-state index contributed by atoms with van der Waals surface area (Å²) in [4.78, 5) is 15.2. The van der Waals surface area contributed by atoms with Crippen molar-refractivity contribution in [2.24, 2.45) is 5.92 Å². The first-order chi connectivity index (χ1) is 11.0. The highest BCUT2D eigenvalue weighted by Crippen LogP contribution is 2.28. The third kappa shape index (κ3) is 3.44. The molecule has 2 bridgehead atoms. The van der Waals surface area contributed by atoms with E-state index in [9.17, 15) is 4.79 Å². The first kappa shape index (κ1) is 16.1. The van der Waals surface area contributed by atoms with Crippen LogP contribution >= 0.6 is 0 Å². The highest BCUT2D eigenvalue weighted by molar-refractivity contribution is 5.89. The summed E-state index contributed by atoms with van der Waals surface area (Å²) in [6.07, 6.45) is 2.34. The van der Waals surface area contributed by atoms with Crippen LogP contribution in [0.3, 0.4) is 0 Å². The van der Waals surface area contributed by atoms with Crippen molar-refractivity contribution in [3.05, 3.63) is 24.3 Å². The number of rotatable bonds is 4. The van der Waals surface area contributed by atoms with Gasteiger partial charge in [-0.05, 0) is 63.4 Å². The highest BCUT2D eigenvalue weighted by atomic mass is 16.5. The monoisotopic (exact) mass is 317 g/mol. The van der Waals surface area contributed by atoms with E-state index in [1.165, 1.54) is 6.42 Å². The predicted molar refractivity (Wildman–Crippen MR) is 91.8 cm³/mol. The molecule has 4 rings (SSSR count). The minimum absolute atomic E-state index is 0.187. The number of hydrogen-bond donors (Lipinski definition) is 2. The number of piperidine rings is 1. The van der Waals surface area contributed by atoms with Gasteiger partial charge in [0.25, 0.3) is 0 Å². The van der Waals surface area contributed by atoms with E-state index in [4.69, 9.17) is 4.74 Å². The fourth-order valence-corrected chi connectivity index (χ4v) is 3.63. The fraction of sp³-hybridized carbons (Fsp3) is 0.611. The Kier molecular flexibility index (Phi) is 4.48. The number of nitrogens with one attached hydrogen (secondary N) is 2. The van der Waals surface area contributed by atoms with Gasteiger partial charge in [0.2, 0.25) is 5.91 Å². The number of carbonyl (C=O) groups is 1. The maximum absolute atomic E-state index is 13.1. The van der Waals surface area contributed by atoms with Crippen LogP contribution in [0.25, 0.3) is 0 Å². The molecule has 0 aromatic heterocycles. The van der Waals surface area contributed by atoms with E-state index in [2.05, 4.69) is 15.5 Å². The zero-order chi connectivity index (χ0) is 16.4. The predicted octanol–water partition coefficient (Wildman–Crippen LogP) is 2.10. The molecule has 1 aromatic carbocycles. The van der Waals surface area contributed by atoms with Crippen LogP contribution in [-0.4, -0.2) is 49.1 Å². The van der Waals surface area contributed by atoms with Crippen LogP contribution in [0.5, 0.6) is 5.75 Å². The number of fused-ring (bicyclic) bond motifs is 4. The molecule has 2 N–H and O–H groups in total. The molecule has 0 unspecified atom stereocenters. The van der Waals surface area contributed by atoms with E-state index in [0.717, 1.165) is 37.5 Å². The summed E-state index contributed by atoms with van der Waals surface area (Å²) in [5.41, 5.74) is 0.307. The van der Waals surface area contributed by atoms with Gasteiger partial charge in [-0.15, -0.1) is 0 Å². The standard InChI is InChI=1S/C18H27N3O2/c1-18(2,20-14-5-8-16(23-3)9-6-14)17(22)21-12-13-4-7-15(21)11-19-10-13/h5-6,8-9,13,15,19-20H,4,7,10-12H2,1-3H3/t13-,15+/m1/s1. The van der Waals surface area contributed by atoms with E-state index >= 15 is 0 Å². The lowest BCUT2D eigenvalue weighted by molar-refractivity contribution is -0.139. The average molecular weight is 317 g/mol. The van der Waals surface area contributed by atoms with Crippen molar-refractivity contribution in [3.8, 4) is 5.75 Å². The van der Waals surface area contributed by atoms with Crippen molar-refractivity contribution in [1.29, 1.82) is 0 Å². The lowest BCUT2D eigenvalue weighted by atomic mass is 9.92. The molecule has 1 aromatic rings. The molecule has 3 aliphatic rings. The molecule has 5 heteroatoms. The second kappa shape index (κ2) is 6.40. The zero-order valence-corrected chi connectivity index (χ0v) is 14.3. The molecule has 2 atom stereocenters. The van der Waals surface area contributed by atoms with Gasteiger partial charge in [0.1, 0.15) is 11.3 Å². The van der Waals surface area contributed by atoms with Gasteiger partial charge < -0.3 is 20.3 Å². The van der Waals surface area contributed by atoms with Crippen LogP contribution in [0.1, 0.15) is 26.7 Å². The van der Waals surface area contributed by atoms with Gasteiger partial charge in [-0.2, -0.15) is 0 Å². The van der Waals surface area contributed by atoms with Crippen molar-refractivity contribution < 1.29 is 9.53 Å². The lowest BCUT2D eigenvalue weighted by Crippen LogP contribution is -2.56. The van der Waals surface area contributed by atoms with Crippen molar-refractivity contribution in [2.45, 2.75) is 38.3 Å². The Hall–Kier alpha value is -1.75. The minimum atomic E-state index is -0.626. The van der Waals surface area contributed by atoms with Crippen LogP contribution in [0.15, 0.2) is 24.3 Å². The van der Waals surface area contributed by atoms with Crippen LogP contribution < -0.4 is 15.4 Å². The van der Waals surface area contributed by atoms with Crippen LogP contribution in [0.4, 0.5) is 5.69 Å². The van der Waals surface area contributed by atoms with E-state index in [1.54, 1.807) is 7.11 Å². The second-order valence-electron chi connectivity index (χ2n) is 7.19. The summed E-state index contributed by atoms with van der Waals surface area (Å²) in [5.74, 6) is 1.59. The first-order valence-corrected chi connectivity index (χ1v) is 8.43. The van der Waals surface area contributed by atoms with Crippen molar-refractivity contribution in [3.63, 3.8) is 0 Å². The third-order valence-electron chi connectivity index (χ3n) is 4.96. The summed E-state index contributed by atoms with van der Waals surface area (Å²) in [5, 5.41) is 6.86. The van der Waals surface area contributed by atoms with Crippen LogP contribution in [0, 0.1) is 5.92 Å². The summed E-state index contributed by atoms with van der Waals surface area (Å²) >= 11 is 0.